The highest BCUT2D eigenvalue weighted by atomic mass is 32.1. The van der Waals surface area contributed by atoms with Gasteiger partial charge in [0.25, 0.3) is 0 Å². The molecule has 2 heterocycles. The molecule has 7 heteroatoms. The fourth-order valence-electron chi connectivity index (χ4n) is 2.97. The molecule has 0 aliphatic rings. The Hall–Kier alpha value is -2.80. The molecule has 0 saturated heterocycles. The average molecular weight is 410 g/mol. The van der Waals surface area contributed by atoms with Gasteiger partial charge in [0.15, 0.2) is 5.82 Å². The number of phenolic OH excluding ortho intramolecular Hbond substituents is 1. The molecule has 0 fully saturated rings. The first-order chi connectivity index (χ1) is 13.5. The number of nitrogens with one attached hydrogen (secondary N) is 1. The first-order valence-corrected chi connectivity index (χ1v) is 9.89. The zero-order chi connectivity index (χ0) is 21.4. The Balaban J connectivity index is 2.13. The van der Waals surface area contributed by atoms with Crippen molar-refractivity contribution in [3.63, 3.8) is 0 Å². The lowest BCUT2D eigenvalue weighted by atomic mass is 9.79. The maximum atomic E-state index is 10.9. The second-order valence-electron chi connectivity index (χ2n) is 9.11. The van der Waals surface area contributed by atoms with Crippen LogP contribution in [0.3, 0.4) is 0 Å². The van der Waals surface area contributed by atoms with Crippen LogP contribution in [-0.2, 0) is 10.8 Å². The van der Waals surface area contributed by atoms with Crippen molar-refractivity contribution in [2.24, 2.45) is 5.10 Å². The summed E-state index contributed by atoms with van der Waals surface area (Å²) >= 11 is 5.34. The first-order valence-electron chi connectivity index (χ1n) is 9.48. The van der Waals surface area contributed by atoms with Gasteiger partial charge in [0, 0.05) is 29.1 Å². The van der Waals surface area contributed by atoms with Crippen molar-refractivity contribution in [2.75, 3.05) is 0 Å². The van der Waals surface area contributed by atoms with Crippen LogP contribution in [0.2, 0.25) is 0 Å². The van der Waals surface area contributed by atoms with Gasteiger partial charge >= 0.3 is 0 Å². The first kappa shape index (κ1) is 20.9. The van der Waals surface area contributed by atoms with E-state index in [1.165, 1.54) is 0 Å². The average Bonchev–Trinajstić information content (AvgIpc) is 3.00. The molecule has 0 aliphatic heterocycles. The molecule has 0 aliphatic carbocycles. The van der Waals surface area contributed by atoms with E-state index in [9.17, 15) is 5.11 Å². The third kappa shape index (κ3) is 4.45. The van der Waals surface area contributed by atoms with Gasteiger partial charge in [0.1, 0.15) is 5.75 Å². The number of nitrogens with zero attached hydrogens (tertiary/aromatic N) is 4. The molecule has 6 nitrogen and oxygen atoms in total. The molecule has 3 rings (SSSR count). The summed E-state index contributed by atoms with van der Waals surface area (Å²) in [6.07, 6.45) is 5.01. The number of aromatic amines is 1. The van der Waals surface area contributed by atoms with Crippen LogP contribution in [0.15, 0.2) is 41.8 Å². The van der Waals surface area contributed by atoms with Crippen LogP contribution in [0.5, 0.6) is 5.75 Å². The number of pyridine rings is 1. The second kappa shape index (κ2) is 7.55. The Morgan fingerprint density at radius 3 is 2.31 bits per heavy atom. The van der Waals surface area contributed by atoms with Gasteiger partial charge in [0.05, 0.1) is 6.21 Å². The molecule has 2 N–H and O–H groups in total. The molecule has 0 bridgehead atoms. The second-order valence-corrected chi connectivity index (χ2v) is 9.49. The van der Waals surface area contributed by atoms with Crippen molar-refractivity contribution < 1.29 is 5.11 Å². The summed E-state index contributed by atoms with van der Waals surface area (Å²) < 4.78 is 1.92. The number of aromatic nitrogens is 4. The van der Waals surface area contributed by atoms with Gasteiger partial charge in [0.2, 0.25) is 4.77 Å². The molecule has 2 aromatic heterocycles. The van der Waals surface area contributed by atoms with Gasteiger partial charge in [-0.3, -0.25) is 4.98 Å². The van der Waals surface area contributed by atoms with E-state index in [-0.39, 0.29) is 16.6 Å². The summed E-state index contributed by atoms with van der Waals surface area (Å²) in [7, 11) is 0. The third-order valence-electron chi connectivity index (χ3n) is 4.71. The highest BCUT2D eigenvalue weighted by molar-refractivity contribution is 7.71. The van der Waals surface area contributed by atoms with Gasteiger partial charge in [-0.1, -0.05) is 47.6 Å². The van der Waals surface area contributed by atoms with Gasteiger partial charge in [-0.05, 0) is 46.8 Å². The van der Waals surface area contributed by atoms with Crippen LogP contribution in [0.25, 0.3) is 11.4 Å². The SMILES string of the molecule is CC(C)(C)c1cc(/C=N/n2c(-c3ccncc3)n[nH]c2=S)c(O)c(C(C)(C)C)c1. The lowest BCUT2D eigenvalue weighted by Crippen LogP contribution is -2.17. The maximum absolute atomic E-state index is 10.9. The Kier molecular flexibility index (Phi) is 5.45. The van der Waals surface area contributed by atoms with E-state index < -0.39 is 0 Å². The van der Waals surface area contributed by atoms with Crippen LogP contribution in [0.4, 0.5) is 0 Å². The fraction of sp³-hybridized carbons (Fsp3) is 0.364. The van der Waals surface area contributed by atoms with E-state index in [2.05, 4.69) is 67.9 Å². The number of aromatic hydroxyl groups is 1. The van der Waals surface area contributed by atoms with Crippen LogP contribution >= 0.6 is 12.2 Å². The monoisotopic (exact) mass is 409 g/mol. The lowest BCUT2D eigenvalue weighted by Gasteiger charge is -2.26. The normalized spacial score (nSPS) is 12.6. The summed E-state index contributed by atoms with van der Waals surface area (Å²) in [5.41, 5.74) is 3.23. The standard InChI is InChI=1S/C22H27N5OS/c1-21(2,3)16-11-15(18(28)17(12-16)22(4,5)6)13-24-27-19(25-26-20(27)29)14-7-9-23-10-8-14/h7-13,28H,1-6H3,(H,26,29)/b24-13+. The molecular formula is C22H27N5OS. The predicted octanol–water partition coefficient (Wildman–Crippen LogP) is 5.19. The Morgan fingerprint density at radius 2 is 1.72 bits per heavy atom. The number of H-pyrrole nitrogens is 1. The van der Waals surface area contributed by atoms with Gasteiger partial charge in [-0.25, -0.2) is 5.10 Å². The van der Waals surface area contributed by atoms with Crippen LogP contribution in [-0.4, -0.2) is 31.2 Å². The topological polar surface area (TPSA) is 79.1 Å². The molecule has 0 radical (unpaired) electrons. The molecule has 0 saturated carbocycles. The molecule has 3 aromatic rings. The van der Waals surface area contributed by atoms with Crippen molar-refractivity contribution >= 4 is 18.4 Å². The molecule has 29 heavy (non-hydrogen) atoms. The number of benzene rings is 1. The van der Waals surface area contributed by atoms with Crippen molar-refractivity contribution in [1.82, 2.24) is 19.9 Å². The molecule has 152 valence electrons. The molecule has 0 atom stereocenters. The van der Waals surface area contributed by atoms with E-state index in [1.807, 2.05) is 18.2 Å². The molecule has 1 aromatic carbocycles. The van der Waals surface area contributed by atoms with Crippen molar-refractivity contribution in [3.8, 4) is 17.1 Å². The van der Waals surface area contributed by atoms with Crippen molar-refractivity contribution in [2.45, 2.75) is 52.4 Å². The highest BCUT2D eigenvalue weighted by Gasteiger charge is 2.24. The Bertz CT molecular complexity index is 1100. The van der Waals surface area contributed by atoms with Crippen LogP contribution in [0, 0.1) is 4.77 Å². The summed E-state index contributed by atoms with van der Waals surface area (Å²) in [5, 5.41) is 22.5. The number of hydrogen-bond donors (Lipinski definition) is 2. The van der Waals surface area contributed by atoms with Crippen molar-refractivity contribution in [3.05, 3.63) is 58.1 Å². The minimum Gasteiger partial charge on any atom is -0.507 e. The van der Waals surface area contributed by atoms with Crippen molar-refractivity contribution in [1.29, 1.82) is 0 Å². The number of phenols is 1. The van der Waals surface area contributed by atoms with Crippen LogP contribution in [0.1, 0.15) is 58.2 Å². The number of hydrogen-bond acceptors (Lipinski definition) is 5. The Labute approximate surface area is 176 Å². The Morgan fingerprint density at radius 1 is 1.07 bits per heavy atom. The predicted molar refractivity (Wildman–Crippen MR) is 119 cm³/mol. The van der Waals surface area contributed by atoms with E-state index in [4.69, 9.17) is 12.2 Å². The van der Waals surface area contributed by atoms with Gasteiger partial charge in [-0.2, -0.15) is 14.9 Å². The smallest absolute Gasteiger partial charge is 0.216 e. The summed E-state index contributed by atoms with van der Waals surface area (Å²) in [4.78, 5) is 4.03. The third-order valence-corrected chi connectivity index (χ3v) is 4.98. The number of rotatable bonds is 3. The van der Waals surface area contributed by atoms with E-state index in [0.717, 1.165) is 16.7 Å². The maximum Gasteiger partial charge on any atom is 0.216 e. The van der Waals surface area contributed by atoms with E-state index in [0.29, 0.717) is 16.2 Å². The molecular weight excluding hydrogens is 382 g/mol. The zero-order valence-corrected chi connectivity index (χ0v) is 18.5. The van der Waals surface area contributed by atoms with E-state index >= 15 is 0 Å². The summed E-state index contributed by atoms with van der Waals surface area (Å²) in [5.74, 6) is 0.811. The summed E-state index contributed by atoms with van der Waals surface area (Å²) in [6, 6.07) is 7.74. The van der Waals surface area contributed by atoms with Gasteiger partial charge < -0.3 is 5.11 Å². The largest absolute Gasteiger partial charge is 0.507 e. The zero-order valence-electron chi connectivity index (χ0n) is 17.7. The quantitative estimate of drug-likeness (QED) is 0.461. The summed E-state index contributed by atoms with van der Waals surface area (Å²) in [6.45, 7) is 12.7. The minimum absolute atomic E-state index is 0.0650. The molecule has 0 unspecified atom stereocenters. The van der Waals surface area contributed by atoms with Gasteiger partial charge in [-0.15, -0.1) is 0 Å². The fourth-order valence-corrected chi connectivity index (χ4v) is 3.15. The molecule has 0 amide bonds. The lowest BCUT2D eigenvalue weighted by molar-refractivity contribution is 0.444. The molecule has 0 spiro atoms. The van der Waals surface area contributed by atoms with Crippen LogP contribution < -0.4 is 0 Å². The van der Waals surface area contributed by atoms with E-state index in [1.54, 1.807) is 23.3 Å². The minimum atomic E-state index is -0.206. The highest BCUT2D eigenvalue weighted by Crippen LogP contribution is 2.37.